The van der Waals surface area contributed by atoms with Gasteiger partial charge in [0.25, 0.3) is 0 Å². The number of hydrogen-bond donors (Lipinski definition) is 0. The van der Waals surface area contributed by atoms with Gasteiger partial charge in [-0.05, 0) is 26.7 Å². The molecule has 0 amide bonds. The molecule has 0 rings (SSSR count). The van der Waals surface area contributed by atoms with Crippen molar-refractivity contribution in [2.75, 3.05) is 13.2 Å². The van der Waals surface area contributed by atoms with Gasteiger partial charge in [-0.2, -0.15) is 0 Å². The van der Waals surface area contributed by atoms with E-state index in [1.54, 1.807) is 0 Å². The molecule has 0 spiro atoms. The Morgan fingerprint density at radius 1 is 0.857 bits per heavy atom. The Hall–Kier alpha value is -0.940. The van der Waals surface area contributed by atoms with Crippen molar-refractivity contribution in [3.8, 4) is 0 Å². The van der Waals surface area contributed by atoms with Crippen LogP contribution in [0.2, 0.25) is 0 Å². The number of halogens is 2. The van der Waals surface area contributed by atoms with Gasteiger partial charge in [0.15, 0.2) is 0 Å². The first kappa shape index (κ1) is 20.1. The highest BCUT2D eigenvalue weighted by Crippen LogP contribution is 2.19. The first-order valence-electron chi connectivity index (χ1n) is 7.56. The highest BCUT2D eigenvalue weighted by molar-refractivity contribution is 4.99. The summed E-state index contributed by atoms with van der Waals surface area (Å²) in [5.74, 6) is 0.121. The fourth-order valence-electron chi connectivity index (χ4n) is 1.71. The van der Waals surface area contributed by atoms with Crippen LogP contribution in [-0.4, -0.2) is 25.4 Å². The van der Waals surface area contributed by atoms with Crippen molar-refractivity contribution in [3.05, 3.63) is 24.2 Å². The minimum Gasteiger partial charge on any atom is -0.461 e. The van der Waals surface area contributed by atoms with Gasteiger partial charge in [-0.1, -0.05) is 13.8 Å². The summed E-state index contributed by atoms with van der Waals surface area (Å²) in [5.41, 5.74) is 0. The Kier molecular flexibility index (Phi) is 12.2. The number of ether oxygens (including phenoxy) is 3. The van der Waals surface area contributed by atoms with E-state index in [4.69, 9.17) is 14.2 Å². The highest BCUT2D eigenvalue weighted by atomic mass is 19.1. The Morgan fingerprint density at radius 3 is 1.52 bits per heavy atom. The van der Waals surface area contributed by atoms with Crippen molar-refractivity contribution in [1.29, 1.82) is 0 Å². The van der Waals surface area contributed by atoms with E-state index < -0.39 is 0 Å². The van der Waals surface area contributed by atoms with Crippen molar-refractivity contribution < 1.29 is 23.0 Å². The second-order valence-electron chi connectivity index (χ2n) is 5.02. The van der Waals surface area contributed by atoms with Crippen molar-refractivity contribution in [3.63, 3.8) is 0 Å². The Balaban J connectivity index is 4.30. The average Bonchev–Trinajstić information content (AvgIpc) is 2.49. The SMILES string of the molecule is CCCOC(C)CC(=CF)OC(=CF)CC(C)OCCC. The van der Waals surface area contributed by atoms with Crippen molar-refractivity contribution in [2.24, 2.45) is 0 Å². The summed E-state index contributed by atoms with van der Waals surface area (Å²) in [5, 5.41) is 0. The van der Waals surface area contributed by atoms with Gasteiger partial charge in [0, 0.05) is 26.1 Å². The zero-order chi connectivity index (χ0) is 16.1. The zero-order valence-electron chi connectivity index (χ0n) is 13.5. The van der Waals surface area contributed by atoms with E-state index in [0.717, 1.165) is 12.8 Å². The van der Waals surface area contributed by atoms with Gasteiger partial charge in [-0.25, -0.2) is 8.78 Å². The van der Waals surface area contributed by atoms with E-state index >= 15 is 0 Å². The molecule has 0 aromatic heterocycles. The molecule has 0 aromatic carbocycles. The topological polar surface area (TPSA) is 27.7 Å². The molecule has 5 heteroatoms. The summed E-state index contributed by atoms with van der Waals surface area (Å²) in [6.45, 7) is 8.86. The third kappa shape index (κ3) is 10.4. The molecule has 0 aliphatic heterocycles. The van der Waals surface area contributed by atoms with Gasteiger partial charge < -0.3 is 14.2 Å². The second kappa shape index (κ2) is 12.8. The number of hydrogen-bond acceptors (Lipinski definition) is 3. The Bertz CT molecular complexity index is 287. The Morgan fingerprint density at radius 2 is 1.24 bits per heavy atom. The van der Waals surface area contributed by atoms with Crippen LogP contribution < -0.4 is 0 Å². The summed E-state index contributed by atoms with van der Waals surface area (Å²) in [6.07, 6.45) is 2.66. The second-order valence-corrected chi connectivity index (χ2v) is 5.02. The van der Waals surface area contributed by atoms with Gasteiger partial charge >= 0.3 is 0 Å². The standard InChI is InChI=1S/C16H28F2O3/c1-5-7-19-13(3)9-15(11-17)21-16(12-18)10-14(4)20-8-6-2/h11-14H,5-10H2,1-4H3. The molecule has 2 atom stereocenters. The van der Waals surface area contributed by atoms with Crippen LogP contribution in [0.15, 0.2) is 24.2 Å². The zero-order valence-corrected chi connectivity index (χ0v) is 13.5. The molecule has 3 nitrogen and oxygen atoms in total. The van der Waals surface area contributed by atoms with Crippen LogP contribution in [0.25, 0.3) is 0 Å². The van der Waals surface area contributed by atoms with Crippen LogP contribution in [0, 0.1) is 0 Å². The summed E-state index contributed by atoms with van der Waals surface area (Å²) in [6, 6.07) is 0. The molecule has 21 heavy (non-hydrogen) atoms. The summed E-state index contributed by atoms with van der Waals surface area (Å²) in [7, 11) is 0. The normalized spacial score (nSPS) is 15.9. The van der Waals surface area contributed by atoms with Gasteiger partial charge in [0.1, 0.15) is 24.2 Å². The van der Waals surface area contributed by atoms with E-state index in [2.05, 4.69) is 0 Å². The van der Waals surface area contributed by atoms with Crippen molar-refractivity contribution >= 4 is 0 Å². The lowest BCUT2D eigenvalue weighted by Crippen LogP contribution is -2.13. The van der Waals surface area contributed by atoms with Gasteiger partial charge in [-0.3, -0.25) is 0 Å². The molecule has 0 saturated heterocycles. The minimum atomic E-state index is -0.179. The monoisotopic (exact) mass is 306 g/mol. The number of rotatable bonds is 12. The molecule has 0 heterocycles. The van der Waals surface area contributed by atoms with E-state index in [1.807, 2.05) is 27.7 Å². The molecule has 0 aliphatic carbocycles. The van der Waals surface area contributed by atoms with E-state index in [0.29, 0.717) is 25.9 Å². The summed E-state index contributed by atoms with van der Waals surface area (Å²) < 4.78 is 41.9. The maximum absolute atomic E-state index is 12.9. The maximum Gasteiger partial charge on any atom is 0.134 e. The van der Waals surface area contributed by atoms with Crippen LogP contribution >= 0.6 is 0 Å². The molecule has 0 bridgehead atoms. The van der Waals surface area contributed by atoms with E-state index in [-0.39, 0.29) is 36.6 Å². The van der Waals surface area contributed by atoms with Crippen molar-refractivity contribution in [1.82, 2.24) is 0 Å². The summed E-state index contributed by atoms with van der Waals surface area (Å²) in [4.78, 5) is 0. The molecule has 0 saturated carbocycles. The summed E-state index contributed by atoms with van der Waals surface area (Å²) >= 11 is 0. The van der Waals surface area contributed by atoms with Crippen LogP contribution in [0.3, 0.4) is 0 Å². The molecule has 0 fully saturated rings. The van der Waals surface area contributed by atoms with Crippen LogP contribution in [0.1, 0.15) is 53.4 Å². The lowest BCUT2D eigenvalue weighted by Gasteiger charge is -2.18. The predicted octanol–water partition coefficient (Wildman–Crippen LogP) is 5.04. The molecular formula is C16H28F2O3. The molecule has 0 aromatic rings. The lowest BCUT2D eigenvalue weighted by molar-refractivity contribution is 0.0463. The quantitative estimate of drug-likeness (QED) is 0.473. The smallest absolute Gasteiger partial charge is 0.134 e. The third-order valence-electron chi connectivity index (χ3n) is 2.70. The van der Waals surface area contributed by atoms with Gasteiger partial charge in [0.2, 0.25) is 0 Å². The largest absolute Gasteiger partial charge is 0.461 e. The van der Waals surface area contributed by atoms with Crippen LogP contribution in [-0.2, 0) is 14.2 Å². The average molecular weight is 306 g/mol. The lowest BCUT2D eigenvalue weighted by atomic mass is 10.2. The molecule has 0 N–H and O–H groups in total. The minimum absolute atomic E-state index is 0.0604. The molecule has 2 unspecified atom stereocenters. The van der Waals surface area contributed by atoms with Crippen LogP contribution in [0.4, 0.5) is 8.78 Å². The Labute approximate surface area is 127 Å². The van der Waals surface area contributed by atoms with Gasteiger partial charge in [0.05, 0.1) is 12.2 Å². The molecule has 124 valence electrons. The first-order chi connectivity index (χ1) is 10.1. The molecule has 0 radical (unpaired) electrons. The molecular weight excluding hydrogens is 278 g/mol. The van der Waals surface area contributed by atoms with Crippen molar-refractivity contribution in [2.45, 2.75) is 65.6 Å². The van der Waals surface area contributed by atoms with E-state index in [9.17, 15) is 8.78 Å². The van der Waals surface area contributed by atoms with E-state index in [1.165, 1.54) is 0 Å². The highest BCUT2D eigenvalue weighted by Gasteiger charge is 2.13. The van der Waals surface area contributed by atoms with Crippen LogP contribution in [0.5, 0.6) is 0 Å². The van der Waals surface area contributed by atoms with Gasteiger partial charge in [-0.15, -0.1) is 0 Å². The molecule has 0 aliphatic rings. The first-order valence-corrected chi connectivity index (χ1v) is 7.56. The third-order valence-corrected chi connectivity index (χ3v) is 2.70. The predicted molar refractivity (Wildman–Crippen MR) is 80.1 cm³/mol. The fraction of sp³-hybridized carbons (Fsp3) is 0.750. The fourth-order valence-corrected chi connectivity index (χ4v) is 1.71. The maximum atomic E-state index is 12.9.